The molecule has 122 valence electrons. The minimum Gasteiger partial charge on any atom is -0.305 e. The molecule has 0 spiro atoms. The maximum absolute atomic E-state index is 14.3. The van der Waals surface area contributed by atoms with Gasteiger partial charge in [-0.1, -0.05) is 6.07 Å². The summed E-state index contributed by atoms with van der Waals surface area (Å²) >= 11 is 1.01. The van der Waals surface area contributed by atoms with E-state index in [0.29, 0.717) is 12.2 Å². The van der Waals surface area contributed by atoms with E-state index in [0.717, 1.165) is 41.6 Å². The maximum Gasteiger partial charge on any atom is 0.259 e. The lowest BCUT2D eigenvalue weighted by atomic mass is 9.96. The fourth-order valence-electron chi connectivity index (χ4n) is 2.82. The minimum absolute atomic E-state index is 0.141. The zero-order valence-corrected chi connectivity index (χ0v) is 14.4. The predicted molar refractivity (Wildman–Crippen MR) is 88.6 cm³/mol. The lowest BCUT2D eigenvalue weighted by Gasteiger charge is -2.30. The first-order chi connectivity index (χ1) is 10.8. The molecule has 3 rings (SSSR count). The average Bonchev–Trinajstić information content (AvgIpc) is 3.00. The van der Waals surface area contributed by atoms with Gasteiger partial charge in [0.25, 0.3) is 5.91 Å². The number of carbonyl (C=O) groups is 1. The van der Waals surface area contributed by atoms with Gasteiger partial charge in [0.1, 0.15) is 10.0 Å². The van der Waals surface area contributed by atoms with Gasteiger partial charge in [0, 0.05) is 18.2 Å². The van der Waals surface area contributed by atoms with Crippen LogP contribution in [0.25, 0.3) is 0 Å². The van der Waals surface area contributed by atoms with E-state index in [1.807, 2.05) is 6.92 Å². The molecular formula is C16H16FNO3S2. The monoisotopic (exact) mass is 353 g/mol. The number of fused-ring (bicyclic) bond motifs is 1. The second-order valence-corrected chi connectivity index (χ2v) is 8.83. The third kappa shape index (κ3) is 2.90. The molecule has 2 heterocycles. The van der Waals surface area contributed by atoms with Crippen molar-refractivity contribution >= 4 is 32.8 Å². The summed E-state index contributed by atoms with van der Waals surface area (Å²) in [5, 5.41) is 1.51. The average molecular weight is 353 g/mol. The topological polar surface area (TPSA) is 54.5 Å². The summed E-state index contributed by atoms with van der Waals surface area (Å²) < 4.78 is 37.6. The van der Waals surface area contributed by atoms with Gasteiger partial charge in [-0.05, 0) is 43.0 Å². The Morgan fingerprint density at radius 1 is 1.35 bits per heavy atom. The van der Waals surface area contributed by atoms with Crippen molar-refractivity contribution in [2.45, 2.75) is 24.0 Å². The van der Waals surface area contributed by atoms with Gasteiger partial charge in [-0.2, -0.15) is 0 Å². The number of sulfone groups is 1. The SMILES string of the molecule is Cc1ccc(F)c2c1CCCN2C(=O)c1csc(S(C)(=O)=O)c1. The van der Waals surface area contributed by atoms with Gasteiger partial charge in [-0.3, -0.25) is 4.79 Å². The van der Waals surface area contributed by atoms with Gasteiger partial charge in [0.2, 0.25) is 0 Å². The molecule has 2 aromatic rings. The largest absolute Gasteiger partial charge is 0.305 e. The van der Waals surface area contributed by atoms with Gasteiger partial charge >= 0.3 is 0 Å². The molecule has 0 atom stereocenters. The fourth-order valence-corrected chi connectivity index (χ4v) is 4.62. The number of amides is 1. The summed E-state index contributed by atoms with van der Waals surface area (Å²) in [5.41, 5.74) is 2.42. The number of hydrogen-bond acceptors (Lipinski definition) is 4. The molecule has 1 aliphatic rings. The molecule has 0 unspecified atom stereocenters. The zero-order chi connectivity index (χ0) is 16.8. The van der Waals surface area contributed by atoms with Crippen molar-refractivity contribution in [2.75, 3.05) is 17.7 Å². The van der Waals surface area contributed by atoms with Crippen LogP contribution in [0.1, 0.15) is 27.9 Å². The lowest BCUT2D eigenvalue weighted by Crippen LogP contribution is -2.36. The van der Waals surface area contributed by atoms with Gasteiger partial charge in [0.15, 0.2) is 9.84 Å². The Kier molecular flexibility index (Phi) is 4.01. The molecule has 23 heavy (non-hydrogen) atoms. The van der Waals surface area contributed by atoms with Crippen molar-refractivity contribution in [3.63, 3.8) is 0 Å². The zero-order valence-electron chi connectivity index (χ0n) is 12.8. The van der Waals surface area contributed by atoms with Gasteiger partial charge in [-0.25, -0.2) is 12.8 Å². The van der Waals surface area contributed by atoms with Crippen LogP contribution < -0.4 is 4.90 Å². The highest BCUT2D eigenvalue weighted by Gasteiger charge is 2.28. The number of thiophene rings is 1. The molecule has 0 bridgehead atoms. The minimum atomic E-state index is -3.35. The van der Waals surface area contributed by atoms with Gasteiger partial charge in [-0.15, -0.1) is 11.3 Å². The summed E-state index contributed by atoms with van der Waals surface area (Å²) in [6.07, 6.45) is 2.60. The van der Waals surface area contributed by atoms with Crippen molar-refractivity contribution in [1.29, 1.82) is 0 Å². The predicted octanol–water partition coefficient (Wildman–Crippen LogP) is 3.19. The number of carbonyl (C=O) groups excluding carboxylic acids is 1. The van der Waals surface area contributed by atoms with Crippen LogP contribution in [0.5, 0.6) is 0 Å². The van der Waals surface area contributed by atoms with E-state index in [1.165, 1.54) is 22.4 Å². The van der Waals surface area contributed by atoms with Crippen LogP contribution in [-0.2, 0) is 16.3 Å². The van der Waals surface area contributed by atoms with Crippen LogP contribution in [0.2, 0.25) is 0 Å². The van der Waals surface area contributed by atoms with Crippen molar-refractivity contribution in [3.05, 3.63) is 46.1 Å². The molecular weight excluding hydrogens is 337 g/mol. The van der Waals surface area contributed by atoms with Crippen LogP contribution in [0.3, 0.4) is 0 Å². The molecule has 0 saturated heterocycles. The molecule has 4 nitrogen and oxygen atoms in total. The Morgan fingerprint density at radius 3 is 2.74 bits per heavy atom. The molecule has 0 radical (unpaired) electrons. The number of halogens is 1. The molecule has 0 N–H and O–H groups in total. The Labute approximate surface area is 138 Å². The highest BCUT2D eigenvalue weighted by atomic mass is 32.2. The molecule has 0 fully saturated rings. The van der Waals surface area contributed by atoms with E-state index < -0.39 is 15.7 Å². The highest BCUT2D eigenvalue weighted by molar-refractivity contribution is 7.92. The summed E-state index contributed by atoms with van der Waals surface area (Å²) in [6.45, 7) is 2.33. The lowest BCUT2D eigenvalue weighted by molar-refractivity contribution is 0.0984. The van der Waals surface area contributed by atoms with Gasteiger partial charge in [0.05, 0.1) is 11.3 Å². The van der Waals surface area contributed by atoms with Crippen LogP contribution in [0, 0.1) is 12.7 Å². The third-order valence-electron chi connectivity index (χ3n) is 3.98. The van der Waals surface area contributed by atoms with Gasteiger partial charge < -0.3 is 4.90 Å². The maximum atomic E-state index is 14.3. The summed E-state index contributed by atoms with van der Waals surface area (Å²) in [4.78, 5) is 14.2. The van der Waals surface area contributed by atoms with Crippen LogP contribution in [0.15, 0.2) is 27.8 Å². The Hall–Kier alpha value is -1.73. The Bertz CT molecular complexity index is 887. The number of benzene rings is 1. The molecule has 1 aromatic carbocycles. The first kappa shape index (κ1) is 16.1. The van der Waals surface area contributed by atoms with Crippen molar-refractivity contribution in [3.8, 4) is 0 Å². The summed E-state index contributed by atoms with van der Waals surface area (Å²) in [7, 11) is -3.35. The van der Waals surface area contributed by atoms with E-state index in [-0.39, 0.29) is 15.7 Å². The number of anilines is 1. The number of hydrogen-bond donors (Lipinski definition) is 0. The standard InChI is InChI=1S/C16H16FNO3S2/c1-10-5-6-13(17)15-12(10)4-3-7-18(15)16(19)11-8-14(22-9-11)23(2,20)21/h5-6,8-9H,3-4,7H2,1-2H3. The van der Waals surface area contributed by atoms with Crippen molar-refractivity contribution in [1.82, 2.24) is 0 Å². The first-order valence-corrected chi connectivity index (χ1v) is 9.94. The third-order valence-corrected chi connectivity index (χ3v) is 6.75. The highest BCUT2D eigenvalue weighted by Crippen LogP contribution is 2.34. The Morgan fingerprint density at radius 2 is 2.09 bits per heavy atom. The van der Waals surface area contributed by atoms with Crippen LogP contribution in [-0.4, -0.2) is 27.1 Å². The Balaban J connectivity index is 2.03. The van der Waals surface area contributed by atoms with Crippen molar-refractivity contribution in [2.24, 2.45) is 0 Å². The second-order valence-electron chi connectivity index (χ2n) is 5.68. The molecule has 0 saturated carbocycles. The molecule has 1 aliphatic heterocycles. The first-order valence-electron chi connectivity index (χ1n) is 7.17. The smallest absolute Gasteiger partial charge is 0.259 e. The van der Waals surface area contributed by atoms with E-state index in [4.69, 9.17) is 0 Å². The number of rotatable bonds is 2. The molecule has 7 heteroatoms. The fraction of sp³-hybridized carbons (Fsp3) is 0.312. The normalized spacial score (nSPS) is 14.7. The van der Waals surface area contributed by atoms with E-state index in [2.05, 4.69) is 0 Å². The van der Waals surface area contributed by atoms with Crippen LogP contribution >= 0.6 is 11.3 Å². The van der Waals surface area contributed by atoms with E-state index in [9.17, 15) is 17.6 Å². The number of nitrogens with zero attached hydrogens (tertiary/aromatic N) is 1. The molecule has 1 amide bonds. The molecule has 0 aliphatic carbocycles. The van der Waals surface area contributed by atoms with E-state index in [1.54, 1.807) is 6.07 Å². The summed E-state index contributed by atoms with van der Waals surface area (Å²) in [6, 6.07) is 4.45. The quantitative estimate of drug-likeness (QED) is 0.833. The number of aryl methyl sites for hydroxylation is 1. The molecule has 1 aromatic heterocycles. The van der Waals surface area contributed by atoms with E-state index >= 15 is 0 Å². The van der Waals surface area contributed by atoms with Crippen LogP contribution in [0.4, 0.5) is 10.1 Å². The second kappa shape index (κ2) is 5.72. The summed E-state index contributed by atoms with van der Waals surface area (Å²) in [5.74, 6) is -0.779. The van der Waals surface area contributed by atoms with Crippen molar-refractivity contribution < 1.29 is 17.6 Å².